The molecule has 4 heterocycles. The first-order chi connectivity index (χ1) is 13.5. The highest BCUT2D eigenvalue weighted by Crippen LogP contribution is 2.25. The average molecular weight is 420 g/mol. The van der Waals surface area contributed by atoms with Gasteiger partial charge in [0.2, 0.25) is 15.7 Å². The number of hydrogen-bond donors (Lipinski definition) is 0. The molecule has 8 nitrogen and oxygen atoms in total. The van der Waals surface area contributed by atoms with E-state index in [1.54, 1.807) is 17.9 Å². The normalized spacial score (nSPS) is 16.4. The van der Waals surface area contributed by atoms with Crippen LogP contribution in [0.4, 0.5) is 0 Å². The zero-order valence-corrected chi connectivity index (χ0v) is 17.1. The number of fused-ring (bicyclic) bond motifs is 1. The Hall–Kier alpha value is -2.33. The highest BCUT2D eigenvalue weighted by atomic mass is 32.2. The van der Waals surface area contributed by atoms with Gasteiger partial charge in [-0.05, 0) is 49.3 Å². The molecule has 1 aliphatic heterocycles. The van der Waals surface area contributed by atoms with Crippen LogP contribution in [0.3, 0.4) is 0 Å². The van der Waals surface area contributed by atoms with Gasteiger partial charge in [0, 0.05) is 13.1 Å². The van der Waals surface area contributed by atoms with Crippen molar-refractivity contribution in [1.29, 1.82) is 0 Å². The highest BCUT2D eigenvalue weighted by Gasteiger charge is 2.37. The van der Waals surface area contributed by atoms with Crippen LogP contribution in [0.1, 0.15) is 32.6 Å². The molecule has 10 heteroatoms. The van der Waals surface area contributed by atoms with Gasteiger partial charge >= 0.3 is 0 Å². The molecule has 3 aromatic heterocycles. The van der Waals surface area contributed by atoms with E-state index in [2.05, 4.69) is 15.3 Å². The van der Waals surface area contributed by atoms with Crippen molar-refractivity contribution >= 4 is 32.7 Å². The van der Waals surface area contributed by atoms with Crippen LogP contribution in [0.25, 0.3) is 16.3 Å². The van der Waals surface area contributed by atoms with Crippen molar-refractivity contribution in [3.63, 3.8) is 0 Å². The molecule has 3 aromatic rings. The minimum Gasteiger partial charge on any atom is -0.342 e. The highest BCUT2D eigenvalue weighted by molar-refractivity contribution is 7.92. The maximum absolute atomic E-state index is 13.2. The van der Waals surface area contributed by atoms with Crippen LogP contribution in [0.15, 0.2) is 34.7 Å². The van der Waals surface area contributed by atoms with E-state index in [9.17, 15) is 13.2 Å². The molecule has 1 fully saturated rings. The van der Waals surface area contributed by atoms with Gasteiger partial charge in [-0.3, -0.25) is 4.79 Å². The summed E-state index contributed by atoms with van der Waals surface area (Å²) in [4.78, 5) is 15.4. The first-order valence-electron chi connectivity index (χ1n) is 9.31. The van der Waals surface area contributed by atoms with E-state index in [0.717, 1.165) is 24.1 Å². The first kappa shape index (κ1) is 19.0. The van der Waals surface area contributed by atoms with Crippen LogP contribution in [0.2, 0.25) is 0 Å². The third-order valence-electron chi connectivity index (χ3n) is 4.96. The van der Waals surface area contributed by atoms with Gasteiger partial charge in [-0.15, -0.1) is 21.5 Å². The Morgan fingerprint density at radius 2 is 1.96 bits per heavy atom. The third-order valence-corrected chi connectivity index (χ3v) is 7.91. The molecule has 1 saturated heterocycles. The van der Waals surface area contributed by atoms with Crippen molar-refractivity contribution in [1.82, 2.24) is 24.7 Å². The predicted molar refractivity (Wildman–Crippen MR) is 106 cm³/mol. The number of hydrogen-bond acceptors (Lipinski definition) is 7. The molecule has 148 valence electrons. The van der Waals surface area contributed by atoms with Crippen molar-refractivity contribution < 1.29 is 13.2 Å². The van der Waals surface area contributed by atoms with Crippen LogP contribution in [0.5, 0.6) is 0 Å². The van der Waals surface area contributed by atoms with Gasteiger partial charge in [-0.1, -0.05) is 13.0 Å². The van der Waals surface area contributed by atoms with Crippen LogP contribution in [-0.2, 0) is 14.6 Å². The number of sulfone groups is 1. The maximum atomic E-state index is 13.2. The van der Waals surface area contributed by atoms with Gasteiger partial charge in [0.15, 0.2) is 16.5 Å². The number of aromatic nitrogens is 4. The largest absolute Gasteiger partial charge is 0.342 e. The molecular weight excluding hydrogens is 398 g/mol. The molecule has 0 radical (unpaired) electrons. The summed E-state index contributed by atoms with van der Waals surface area (Å²) in [6, 6.07) is 6.73. The topological polar surface area (TPSA) is 97.5 Å². The molecule has 1 aliphatic rings. The molecule has 0 spiro atoms. The number of rotatable bonds is 5. The summed E-state index contributed by atoms with van der Waals surface area (Å²) in [5.41, 5.74) is 0.456. The van der Waals surface area contributed by atoms with E-state index in [1.807, 2.05) is 17.5 Å². The van der Waals surface area contributed by atoms with Crippen LogP contribution in [0, 0.1) is 0 Å². The monoisotopic (exact) mass is 419 g/mol. The minimum atomic E-state index is -3.93. The number of thiophene rings is 1. The number of nitrogens with zero attached hydrogens (tertiary/aromatic N) is 5. The van der Waals surface area contributed by atoms with Crippen LogP contribution < -0.4 is 0 Å². The summed E-state index contributed by atoms with van der Waals surface area (Å²) in [5.74, 6) is 0.156. The Balaban J connectivity index is 1.72. The Morgan fingerprint density at radius 1 is 1.18 bits per heavy atom. The van der Waals surface area contributed by atoms with E-state index in [-0.39, 0.29) is 17.4 Å². The van der Waals surface area contributed by atoms with Gasteiger partial charge in [-0.2, -0.15) is 9.61 Å². The van der Waals surface area contributed by atoms with Crippen LogP contribution in [-0.4, -0.2) is 57.4 Å². The lowest BCUT2D eigenvalue weighted by atomic mass is 10.1. The lowest BCUT2D eigenvalue weighted by molar-refractivity contribution is -0.131. The molecule has 0 aliphatic carbocycles. The lowest BCUT2D eigenvalue weighted by Gasteiger charge is -2.29. The quantitative estimate of drug-likeness (QED) is 0.630. The Labute approximate surface area is 167 Å². The van der Waals surface area contributed by atoms with Crippen molar-refractivity contribution in [2.24, 2.45) is 0 Å². The van der Waals surface area contributed by atoms with E-state index in [4.69, 9.17) is 0 Å². The fourth-order valence-electron chi connectivity index (χ4n) is 3.47. The second-order valence-electron chi connectivity index (χ2n) is 6.77. The number of amides is 1. The number of carbonyl (C=O) groups excluding carboxylic acids is 1. The molecule has 0 bridgehead atoms. The summed E-state index contributed by atoms with van der Waals surface area (Å²) in [5, 5.41) is 13.1. The SMILES string of the molecule is CC[C@H](C(=O)N1CCCCC1)S(=O)(=O)c1ccc2nnc(-c3cccs3)n2n1. The van der Waals surface area contributed by atoms with Crippen molar-refractivity contribution in [3.05, 3.63) is 29.6 Å². The predicted octanol–water partition coefficient (Wildman–Crippen LogP) is 2.42. The number of piperidine rings is 1. The Bertz CT molecular complexity index is 1090. The van der Waals surface area contributed by atoms with Gasteiger partial charge in [0.1, 0.15) is 5.25 Å². The molecule has 0 N–H and O–H groups in total. The van der Waals surface area contributed by atoms with Gasteiger partial charge in [-0.25, -0.2) is 8.42 Å². The molecule has 1 atom stereocenters. The zero-order chi connectivity index (χ0) is 19.7. The first-order valence-corrected chi connectivity index (χ1v) is 11.7. The summed E-state index contributed by atoms with van der Waals surface area (Å²) < 4.78 is 27.9. The Kier molecular flexibility index (Phi) is 5.15. The fourth-order valence-corrected chi connectivity index (χ4v) is 5.77. The summed E-state index contributed by atoms with van der Waals surface area (Å²) in [6.07, 6.45) is 3.11. The molecule has 1 amide bonds. The summed E-state index contributed by atoms with van der Waals surface area (Å²) in [7, 11) is -3.93. The molecule has 0 saturated carbocycles. The number of likely N-dealkylation sites (tertiary alicyclic amines) is 1. The molecule has 0 unspecified atom stereocenters. The maximum Gasteiger partial charge on any atom is 0.241 e. The van der Waals surface area contributed by atoms with Crippen molar-refractivity contribution in [2.75, 3.05) is 13.1 Å². The van der Waals surface area contributed by atoms with Gasteiger partial charge < -0.3 is 4.90 Å². The zero-order valence-electron chi connectivity index (χ0n) is 15.5. The smallest absolute Gasteiger partial charge is 0.241 e. The van der Waals surface area contributed by atoms with Gasteiger partial charge in [0.25, 0.3) is 0 Å². The average Bonchev–Trinajstić information content (AvgIpc) is 3.37. The summed E-state index contributed by atoms with van der Waals surface area (Å²) >= 11 is 1.47. The fraction of sp³-hybridized carbons (Fsp3) is 0.444. The van der Waals surface area contributed by atoms with E-state index in [1.165, 1.54) is 21.9 Å². The second-order valence-corrected chi connectivity index (χ2v) is 9.80. The Morgan fingerprint density at radius 3 is 2.64 bits per heavy atom. The number of carbonyl (C=O) groups is 1. The lowest BCUT2D eigenvalue weighted by Crippen LogP contribution is -2.45. The van der Waals surface area contributed by atoms with E-state index >= 15 is 0 Å². The summed E-state index contributed by atoms with van der Waals surface area (Å²) in [6.45, 7) is 2.95. The van der Waals surface area contributed by atoms with Crippen LogP contribution >= 0.6 is 11.3 Å². The minimum absolute atomic E-state index is 0.130. The van der Waals surface area contributed by atoms with Crippen molar-refractivity contribution in [3.8, 4) is 10.7 Å². The van der Waals surface area contributed by atoms with E-state index in [0.29, 0.717) is 24.6 Å². The molecular formula is C18H21N5O3S2. The van der Waals surface area contributed by atoms with Gasteiger partial charge in [0.05, 0.1) is 4.88 Å². The molecule has 28 heavy (non-hydrogen) atoms. The standard InChI is InChI=1S/C18H21N5O3S2/c1-2-14(18(24)22-10-4-3-5-11-22)28(25,26)16-9-8-15-19-20-17(23(15)21-16)13-7-6-12-27-13/h6-9,12,14H,2-5,10-11H2,1H3/t14-/m1/s1. The molecule has 0 aromatic carbocycles. The molecule has 4 rings (SSSR count). The third kappa shape index (κ3) is 3.30. The second kappa shape index (κ2) is 7.59. The van der Waals surface area contributed by atoms with E-state index < -0.39 is 15.1 Å². The van der Waals surface area contributed by atoms with Crippen molar-refractivity contribution in [2.45, 2.75) is 42.9 Å².